The van der Waals surface area contributed by atoms with Crippen molar-refractivity contribution in [2.24, 2.45) is 17.3 Å². The van der Waals surface area contributed by atoms with Gasteiger partial charge in [0.15, 0.2) is 0 Å². The van der Waals surface area contributed by atoms with E-state index in [1.54, 1.807) is 13.0 Å². The second kappa shape index (κ2) is 8.44. The van der Waals surface area contributed by atoms with Gasteiger partial charge in [0.05, 0.1) is 6.26 Å². The first-order chi connectivity index (χ1) is 14.1. The monoisotopic (exact) mass is 414 g/mol. The average Bonchev–Trinajstić information content (AvgIpc) is 3.02. The van der Waals surface area contributed by atoms with E-state index in [9.17, 15) is 9.59 Å². The van der Waals surface area contributed by atoms with E-state index < -0.39 is 12.2 Å². The fraction of sp³-hybridized carbons (Fsp3) is 0.600. The third kappa shape index (κ3) is 4.12. The standard InChI is InChI=1S/C25H34O5/c1-8-15(4)24(27)29-21-11-18-10-20-19(16(5)13-28-20)12-25(18,7)17(6)23(21)30-22(26)9-14(2)3/h8-9,13,17-18,21,23H,10-12H2,1-7H3/b15-8-/t17-,18+,21-,23-,25-/m0/s1. The number of carbonyl (C=O) groups excluding carboxylic acids is 2. The van der Waals surface area contributed by atoms with Gasteiger partial charge in [0.2, 0.25) is 0 Å². The number of esters is 2. The smallest absolute Gasteiger partial charge is 0.333 e. The van der Waals surface area contributed by atoms with Crippen molar-refractivity contribution in [3.05, 3.63) is 46.4 Å². The Morgan fingerprint density at radius 1 is 1.23 bits per heavy atom. The molecule has 0 saturated heterocycles. The fourth-order valence-corrected chi connectivity index (χ4v) is 4.96. The number of hydrogen-bond acceptors (Lipinski definition) is 5. The number of allylic oxidation sites excluding steroid dienone is 2. The van der Waals surface area contributed by atoms with Gasteiger partial charge in [-0.3, -0.25) is 0 Å². The first-order valence-corrected chi connectivity index (χ1v) is 10.8. The van der Waals surface area contributed by atoms with Crippen molar-refractivity contribution in [2.45, 2.75) is 79.9 Å². The summed E-state index contributed by atoms with van der Waals surface area (Å²) in [5, 5.41) is 0. The third-order valence-corrected chi connectivity index (χ3v) is 7.20. The summed E-state index contributed by atoms with van der Waals surface area (Å²) in [6.45, 7) is 13.7. The Kier molecular flexibility index (Phi) is 6.30. The van der Waals surface area contributed by atoms with Crippen LogP contribution in [0.3, 0.4) is 0 Å². The Morgan fingerprint density at radius 2 is 1.93 bits per heavy atom. The Balaban J connectivity index is 1.94. The Labute approximate surface area is 179 Å². The van der Waals surface area contributed by atoms with E-state index in [4.69, 9.17) is 13.9 Å². The molecular formula is C25H34O5. The Bertz CT molecular complexity index is 885. The summed E-state index contributed by atoms with van der Waals surface area (Å²) in [7, 11) is 0. The molecule has 1 aromatic rings. The lowest BCUT2D eigenvalue weighted by Crippen LogP contribution is -2.56. The Morgan fingerprint density at radius 3 is 2.57 bits per heavy atom. The van der Waals surface area contributed by atoms with Gasteiger partial charge in [-0.25, -0.2) is 9.59 Å². The zero-order valence-electron chi connectivity index (χ0n) is 19.2. The lowest BCUT2D eigenvalue weighted by molar-refractivity contribution is -0.188. The van der Waals surface area contributed by atoms with Crippen molar-refractivity contribution >= 4 is 11.9 Å². The molecule has 1 aromatic heterocycles. The van der Waals surface area contributed by atoms with Gasteiger partial charge in [-0.15, -0.1) is 0 Å². The van der Waals surface area contributed by atoms with Crippen molar-refractivity contribution in [3.8, 4) is 0 Å². The molecule has 1 saturated carbocycles. The minimum atomic E-state index is -0.489. The van der Waals surface area contributed by atoms with Gasteiger partial charge >= 0.3 is 11.9 Å². The summed E-state index contributed by atoms with van der Waals surface area (Å²) in [6, 6.07) is 0. The number of ether oxygens (including phenoxy) is 2. The van der Waals surface area contributed by atoms with Gasteiger partial charge in [0.1, 0.15) is 18.0 Å². The largest absolute Gasteiger partial charge is 0.469 e. The number of hydrogen-bond donors (Lipinski definition) is 0. The van der Waals surface area contributed by atoms with E-state index in [1.165, 1.54) is 17.2 Å². The molecule has 0 N–H and O–H groups in total. The first-order valence-electron chi connectivity index (χ1n) is 10.8. The SMILES string of the molecule is C/C=C(/C)C(=O)O[C@H]1C[C@H]2Cc3occ(C)c3C[C@@]2(C)[C@@H](C)[C@@H]1OC(=O)C=C(C)C. The summed E-state index contributed by atoms with van der Waals surface area (Å²) in [5.74, 6) is 0.613. The number of carbonyl (C=O) groups is 2. The molecule has 0 amide bonds. The van der Waals surface area contributed by atoms with E-state index in [0.717, 1.165) is 24.2 Å². The summed E-state index contributed by atoms with van der Waals surface area (Å²) >= 11 is 0. The van der Waals surface area contributed by atoms with E-state index >= 15 is 0 Å². The van der Waals surface area contributed by atoms with Crippen LogP contribution < -0.4 is 0 Å². The first kappa shape index (κ1) is 22.4. The molecule has 5 nitrogen and oxygen atoms in total. The van der Waals surface area contributed by atoms with E-state index in [2.05, 4.69) is 20.8 Å². The van der Waals surface area contributed by atoms with Crippen molar-refractivity contribution < 1.29 is 23.5 Å². The molecule has 0 aromatic carbocycles. The maximum Gasteiger partial charge on any atom is 0.333 e. The van der Waals surface area contributed by atoms with Crippen LogP contribution >= 0.6 is 0 Å². The van der Waals surface area contributed by atoms with Crippen LogP contribution in [-0.4, -0.2) is 24.1 Å². The zero-order chi connectivity index (χ0) is 22.2. The maximum atomic E-state index is 12.5. The highest BCUT2D eigenvalue weighted by molar-refractivity contribution is 5.87. The molecule has 1 heterocycles. The molecule has 0 spiro atoms. The molecule has 2 aliphatic carbocycles. The van der Waals surface area contributed by atoms with Crippen LogP contribution in [-0.2, 0) is 31.9 Å². The van der Waals surface area contributed by atoms with Crippen LogP contribution in [0.2, 0.25) is 0 Å². The third-order valence-electron chi connectivity index (χ3n) is 7.20. The molecule has 30 heavy (non-hydrogen) atoms. The second-order valence-corrected chi connectivity index (χ2v) is 9.47. The van der Waals surface area contributed by atoms with Crippen LogP contribution in [0.25, 0.3) is 0 Å². The average molecular weight is 415 g/mol. The minimum Gasteiger partial charge on any atom is -0.469 e. The maximum absolute atomic E-state index is 12.5. The molecule has 0 radical (unpaired) electrons. The number of aryl methyl sites for hydroxylation is 1. The molecule has 3 rings (SSSR count). The molecular weight excluding hydrogens is 380 g/mol. The van der Waals surface area contributed by atoms with E-state index in [-0.39, 0.29) is 29.2 Å². The fourth-order valence-electron chi connectivity index (χ4n) is 4.96. The predicted octanol–water partition coefficient (Wildman–Crippen LogP) is 5.10. The normalized spacial score (nSPS) is 30.7. The second-order valence-electron chi connectivity index (χ2n) is 9.47. The van der Waals surface area contributed by atoms with Crippen LogP contribution in [0.1, 0.15) is 64.9 Å². The lowest BCUT2D eigenvalue weighted by atomic mass is 9.54. The minimum absolute atomic E-state index is 0.0249. The number of fused-ring (bicyclic) bond motifs is 2. The number of furan rings is 1. The van der Waals surface area contributed by atoms with Crippen molar-refractivity contribution in [2.75, 3.05) is 0 Å². The molecule has 0 aliphatic heterocycles. The van der Waals surface area contributed by atoms with Gasteiger partial charge in [0, 0.05) is 24.0 Å². The summed E-state index contributed by atoms with van der Waals surface area (Å²) < 4.78 is 17.6. The molecule has 0 bridgehead atoms. The van der Waals surface area contributed by atoms with Gasteiger partial charge in [-0.2, -0.15) is 0 Å². The highest BCUT2D eigenvalue weighted by atomic mass is 16.6. The van der Waals surface area contributed by atoms with Crippen molar-refractivity contribution in [1.29, 1.82) is 0 Å². The van der Waals surface area contributed by atoms with Crippen LogP contribution in [0.4, 0.5) is 0 Å². The summed E-state index contributed by atoms with van der Waals surface area (Å²) in [5.41, 5.74) is 3.80. The predicted molar refractivity (Wildman–Crippen MR) is 115 cm³/mol. The molecule has 164 valence electrons. The van der Waals surface area contributed by atoms with Gasteiger partial charge in [-0.05, 0) is 69.9 Å². The molecule has 2 aliphatic rings. The van der Waals surface area contributed by atoms with Gasteiger partial charge in [0.25, 0.3) is 0 Å². The molecule has 5 atom stereocenters. The van der Waals surface area contributed by atoms with Crippen LogP contribution in [0.5, 0.6) is 0 Å². The van der Waals surface area contributed by atoms with E-state index in [1.807, 2.05) is 27.0 Å². The Hall–Kier alpha value is -2.30. The quantitative estimate of drug-likeness (QED) is 0.506. The van der Waals surface area contributed by atoms with E-state index in [0.29, 0.717) is 12.0 Å². The van der Waals surface area contributed by atoms with Gasteiger partial charge < -0.3 is 13.9 Å². The highest BCUT2D eigenvalue weighted by Gasteiger charge is 2.55. The van der Waals surface area contributed by atoms with Gasteiger partial charge in [-0.1, -0.05) is 25.5 Å². The van der Waals surface area contributed by atoms with Crippen LogP contribution in [0, 0.1) is 24.2 Å². The zero-order valence-corrected chi connectivity index (χ0v) is 19.2. The summed E-state index contributed by atoms with van der Waals surface area (Å²) in [4.78, 5) is 25.0. The topological polar surface area (TPSA) is 65.7 Å². The number of rotatable bonds is 4. The highest BCUT2D eigenvalue weighted by Crippen LogP contribution is 2.54. The molecule has 5 heteroatoms. The summed E-state index contributed by atoms with van der Waals surface area (Å²) in [6.07, 6.45) is 6.43. The molecule has 0 unspecified atom stereocenters. The molecule has 1 fully saturated rings. The lowest BCUT2D eigenvalue weighted by Gasteiger charge is -2.53. The van der Waals surface area contributed by atoms with Crippen molar-refractivity contribution in [3.63, 3.8) is 0 Å². The van der Waals surface area contributed by atoms with Crippen LogP contribution in [0.15, 0.2) is 34.0 Å². The van der Waals surface area contributed by atoms with Crippen molar-refractivity contribution in [1.82, 2.24) is 0 Å².